The Morgan fingerprint density at radius 1 is 1.40 bits per heavy atom. The van der Waals surface area contributed by atoms with Gasteiger partial charge in [-0.3, -0.25) is 0 Å². The minimum atomic E-state index is -3.67. The summed E-state index contributed by atoms with van der Waals surface area (Å²) < 4.78 is 21.3. The monoisotopic (exact) mass is 231 g/mol. The lowest BCUT2D eigenvalue weighted by Gasteiger charge is -2.08. The SMILES string of the molecule is NS(=O)(=O)CC(O)Cc1cccc(O)c1. The number of aromatic hydroxyl groups is 1. The fraction of sp³-hybridized carbons (Fsp3) is 0.333. The van der Waals surface area contributed by atoms with E-state index in [0.717, 1.165) is 0 Å². The first kappa shape index (κ1) is 12.0. The normalized spacial score (nSPS) is 13.7. The smallest absolute Gasteiger partial charge is 0.211 e. The summed E-state index contributed by atoms with van der Waals surface area (Å²) in [6, 6.07) is 6.27. The Kier molecular flexibility index (Phi) is 3.67. The Bertz CT molecular complexity index is 429. The first-order chi connectivity index (χ1) is 6.87. The molecule has 0 fully saturated rings. The Morgan fingerprint density at radius 3 is 2.60 bits per heavy atom. The molecule has 0 aliphatic carbocycles. The molecule has 1 unspecified atom stereocenters. The van der Waals surface area contributed by atoms with Crippen LogP contribution in [-0.2, 0) is 16.4 Å². The minimum Gasteiger partial charge on any atom is -0.508 e. The molecular weight excluding hydrogens is 218 g/mol. The predicted octanol–water partition coefficient (Wildman–Crippen LogP) is -0.416. The van der Waals surface area contributed by atoms with E-state index in [4.69, 9.17) is 10.2 Å². The maximum Gasteiger partial charge on any atom is 0.211 e. The molecule has 0 bridgehead atoms. The number of hydrogen-bond donors (Lipinski definition) is 3. The molecule has 5 nitrogen and oxygen atoms in total. The number of aliphatic hydroxyl groups is 1. The fourth-order valence-electron chi connectivity index (χ4n) is 1.28. The second-order valence-corrected chi connectivity index (χ2v) is 5.02. The molecule has 1 aromatic rings. The molecule has 1 aromatic carbocycles. The molecule has 0 aromatic heterocycles. The average Bonchev–Trinajstić information content (AvgIpc) is 1.99. The molecule has 0 heterocycles. The van der Waals surface area contributed by atoms with Gasteiger partial charge in [-0.15, -0.1) is 0 Å². The van der Waals surface area contributed by atoms with Crippen molar-refractivity contribution in [2.24, 2.45) is 5.14 Å². The number of primary sulfonamides is 1. The minimum absolute atomic E-state index is 0.0790. The van der Waals surface area contributed by atoms with Gasteiger partial charge in [-0.1, -0.05) is 12.1 Å². The molecule has 0 radical (unpaired) electrons. The molecule has 0 saturated heterocycles. The summed E-state index contributed by atoms with van der Waals surface area (Å²) in [5.74, 6) is -0.404. The van der Waals surface area contributed by atoms with Crippen LogP contribution in [-0.4, -0.2) is 30.5 Å². The zero-order valence-electron chi connectivity index (χ0n) is 8.00. The summed E-state index contributed by atoms with van der Waals surface area (Å²) in [7, 11) is -3.67. The topological polar surface area (TPSA) is 101 Å². The van der Waals surface area contributed by atoms with Gasteiger partial charge >= 0.3 is 0 Å². The quantitative estimate of drug-likeness (QED) is 0.655. The molecule has 0 saturated carbocycles. The molecule has 0 spiro atoms. The first-order valence-corrected chi connectivity index (χ1v) is 6.05. The van der Waals surface area contributed by atoms with Crippen molar-refractivity contribution >= 4 is 10.0 Å². The Labute approximate surface area is 88.2 Å². The third kappa shape index (κ3) is 4.78. The van der Waals surface area contributed by atoms with Crippen LogP contribution in [0, 0.1) is 0 Å². The van der Waals surface area contributed by atoms with E-state index in [0.29, 0.717) is 5.56 Å². The Balaban J connectivity index is 2.63. The molecule has 6 heteroatoms. The van der Waals surface area contributed by atoms with Gasteiger partial charge in [-0.2, -0.15) is 0 Å². The second-order valence-electron chi connectivity index (χ2n) is 3.36. The van der Waals surface area contributed by atoms with E-state index in [1.165, 1.54) is 12.1 Å². The van der Waals surface area contributed by atoms with Crippen LogP contribution in [0.1, 0.15) is 5.56 Å². The second kappa shape index (κ2) is 4.61. The lowest BCUT2D eigenvalue weighted by Crippen LogP contribution is -2.27. The summed E-state index contributed by atoms with van der Waals surface area (Å²) in [6.45, 7) is 0. The summed E-state index contributed by atoms with van der Waals surface area (Å²) >= 11 is 0. The van der Waals surface area contributed by atoms with Crippen molar-refractivity contribution in [3.05, 3.63) is 29.8 Å². The van der Waals surface area contributed by atoms with E-state index in [2.05, 4.69) is 0 Å². The first-order valence-electron chi connectivity index (χ1n) is 4.33. The summed E-state index contributed by atoms with van der Waals surface area (Å²) in [5.41, 5.74) is 0.658. The maximum atomic E-state index is 10.7. The van der Waals surface area contributed by atoms with E-state index in [1.54, 1.807) is 12.1 Å². The molecule has 0 aliphatic rings. The number of phenols is 1. The number of sulfonamides is 1. The van der Waals surface area contributed by atoms with E-state index >= 15 is 0 Å². The van der Waals surface area contributed by atoms with E-state index in [9.17, 15) is 13.5 Å². The van der Waals surface area contributed by atoms with Crippen molar-refractivity contribution in [1.82, 2.24) is 0 Å². The van der Waals surface area contributed by atoms with Crippen molar-refractivity contribution in [3.63, 3.8) is 0 Å². The maximum absolute atomic E-state index is 10.7. The highest BCUT2D eigenvalue weighted by Crippen LogP contribution is 2.12. The molecule has 4 N–H and O–H groups in total. The zero-order chi connectivity index (χ0) is 11.5. The van der Waals surface area contributed by atoms with Crippen molar-refractivity contribution in [2.75, 3.05) is 5.75 Å². The summed E-state index contributed by atoms with van der Waals surface area (Å²) in [6.07, 6.45) is -0.910. The lowest BCUT2D eigenvalue weighted by atomic mass is 10.1. The predicted molar refractivity (Wildman–Crippen MR) is 55.8 cm³/mol. The van der Waals surface area contributed by atoms with Crippen molar-refractivity contribution in [1.29, 1.82) is 0 Å². The number of benzene rings is 1. The molecule has 0 aliphatic heterocycles. The van der Waals surface area contributed by atoms with Gasteiger partial charge in [0.2, 0.25) is 10.0 Å². The van der Waals surface area contributed by atoms with Crippen LogP contribution >= 0.6 is 0 Å². The number of phenolic OH excluding ortho intramolecular Hbond substituents is 1. The van der Waals surface area contributed by atoms with E-state index in [-0.39, 0.29) is 12.2 Å². The zero-order valence-corrected chi connectivity index (χ0v) is 8.81. The third-order valence-electron chi connectivity index (χ3n) is 1.81. The van der Waals surface area contributed by atoms with Crippen molar-refractivity contribution in [2.45, 2.75) is 12.5 Å². The van der Waals surface area contributed by atoms with Gasteiger partial charge in [0.05, 0.1) is 11.9 Å². The van der Waals surface area contributed by atoms with Gasteiger partial charge in [-0.05, 0) is 24.1 Å². The summed E-state index contributed by atoms with van der Waals surface area (Å²) in [5, 5.41) is 23.3. The Morgan fingerprint density at radius 2 is 2.07 bits per heavy atom. The van der Waals surface area contributed by atoms with Gasteiger partial charge in [0.1, 0.15) is 5.75 Å². The average molecular weight is 231 g/mol. The molecule has 15 heavy (non-hydrogen) atoms. The van der Waals surface area contributed by atoms with E-state index < -0.39 is 21.9 Å². The van der Waals surface area contributed by atoms with Gasteiger partial charge in [0.25, 0.3) is 0 Å². The number of aliphatic hydroxyl groups excluding tert-OH is 1. The fourth-order valence-corrected chi connectivity index (χ4v) is 1.94. The van der Waals surface area contributed by atoms with Crippen LogP contribution < -0.4 is 5.14 Å². The molecule has 84 valence electrons. The standard InChI is InChI=1S/C9H13NO4S/c10-15(13,14)6-9(12)5-7-2-1-3-8(11)4-7/h1-4,9,11-12H,5-6H2,(H2,10,13,14). The molecule has 1 atom stereocenters. The van der Waals surface area contributed by atoms with Crippen LogP contribution in [0.25, 0.3) is 0 Å². The number of rotatable bonds is 4. The van der Waals surface area contributed by atoms with Gasteiger partial charge in [-0.25, -0.2) is 13.6 Å². The summed E-state index contributed by atoms with van der Waals surface area (Å²) in [4.78, 5) is 0. The van der Waals surface area contributed by atoms with Crippen molar-refractivity contribution in [3.8, 4) is 5.75 Å². The van der Waals surface area contributed by atoms with Crippen LogP contribution in [0.2, 0.25) is 0 Å². The van der Waals surface area contributed by atoms with E-state index in [1.807, 2.05) is 0 Å². The number of hydrogen-bond acceptors (Lipinski definition) is 4. The van der Waals surface area contributed by atoms with Crippen LogP contribution in [0.4, 0.5) is 0 Å². The largest absolute Gasteiger partial charge is 0.508 e. The van der Waals surface area contributed by atoms with Crippen LogP contribution in [0.5, 0.6) is 5.75 Å². The number of nitrogens with two attached hydrogens (primary N) is 1. The Hall–Kier alpha value is -1.11. The highest BCUT2D eigenvalue weighted by atomic mass is 32.2. The molecule has 0 amide bonds. The third-order valence-corrected chi connectivity index (χ3v) is 2.66. The van der Waals surface area contributed by atoms with Crippen molar-refractivity contribution < 1.29 is 18.6 Å². The van der Waals surface area contributed by atoms with Gasteiger partial charge in [0, 0.05) is 0 Å². The highest BCUT2D eigenvalue weighted by Gasteiger charge is 2.13. The highest BCUT2D eigenvalue weighted by molar-refractivity contribution is 7.89. The van der Waals surface area contributed by atoms with Crippen LogP contribution in [0.15, 0.2) is 24.3 Å². The van der Waals surface area contributed by atoms with Gasteiger partial charge in [0.15, 0.2) is 0 Å². The molecule has 1 rings (SSSR count). The lowest BCUT2D eigenvalue weighted by molar-refractivity contribution is 0.198. The van der Waals surface area contributed by atoms with Gasteiger partial charge < -0.3 is 10.2 Å². The van der Waals surface area contributed by atoms with Crippen LogP contribution in [0.3, 0.4) is 0 Å². The molecular formula is C9H13NO4S.